The first-order chi connectivity index (χ1) is 7.79. The largest absolute Gasteiger partial charge is 0.442 e. The van der Waals surface area contributed by atoms with Gasteiger partial charge in [-0.15, -0.1) is 10.2 Å². The summed E-state index contributed by atoms with van der Waals surface area (Å²) < 4.78 is 5.27. The molecule has 86 valence electrons. The summed E-state index contributed by atoms with van der Waals surface area (Å²) in [6.07, 6.45) is 0.889. The van der Waals surface area contributed by atoms with Crippen molar-refractivity contribution in [2.24, 2.45) is 0 Å². The number of hydrogen-bond acceptors (Lipinski definition) is 5. The molecule has 0 fully saturated rings. The molecule has 0 amide bonds. The summed E-state index contributed by atoms with van der Waals surface area (Å²) in [5.74, 6) is 0.678. The quantitative estimate of drug-likeness (QED) is 0.837. The van der Waals surface area contributed by atoms with Gasteiger partial charge in [0.05, 0.1) is 0 Å². The van der Waals surface area contributed by atoms with Gasteiger partial charge in [0, 0.05) is 13.0 Å². The molecule has 0 aliphatic heterocycles. The van der Waals surface area contributed by atoms with Crippen molar-refractivity contribution in [1.29, 1.82) is 0 Å². The molecule has 0 aromatic carbocycles. The van der Waals surface area contributed by atoms with Crippen LogP contribution in [0.25, 0.3) is 10.8 Å². The van der Waals surface area contributed by atoms with E-state index in [9.17, 15) is 0 Å². The Balaban J connectivity index is 2.02. The standard InChI is InChI=1S/C10H12ClN3OS/c1-2-12-6-5-9-13-14-10(16-9)7-3-4-8(11)15-7/h3-4,12H,2,5-6H2,1H3. The first-order valence-corrected chi connectivity index (χ1v) is 6.28. The molecule has 16 heavy (non-hydrogen) atoms. The van der Waals surface area contributed by atoms with Gasteiger partial charge in [-0.05, 0) is 30.3 Å². The lowest BCUT2D eigenvalue weighted by Crippen LogP contribution is -2.15. The number of aromatic nitrogens is 2. The summed E-state index contributed by atoms with van der Waals surface area (Å²) >= 11 is 7.23. The molecule has 0 spiro atoms. The Labute approximate surface area is 103 Å². The van der Waals surface area contributed by atoms with Gasteiger partial charge in [-0.25, -0.2) is 0 Å². The predicted octanol–water partition coefficient (Wildman–Crippen LogP) is 2.60. The molecule has 0 aliphatic carbocycles. The smallest absolute Gasteiger partial charge is 0.194 e. The van der Waals surface area contributed by atoms with Crippen LogP contribution in [0.4, 0.5) is 0 Å². The fourth-order valence-corrected chi connectivity index (χ4v) is 2.20. The topological polar surface area (TPSA) is 51.0 Å². The van der Waals surface area contributed by atoms with Crippen LogP contribution in [0.3, 0.4) is 0 Å². The van der Waals surface area contributed by atoms with E-state index in [4.69, 9.17) is 16.0 Å². The van der Waals surface area contributed by atoms with Crippen LogP contribution in [0.1, 0.15) is 11.9 Å². The second-order valence-corrected chi connectivity index (χ2v) is 4.64. The highest BCUT2D eigenvalue weighted by Crippen LogP contribution is 2.27. The molecule has 0 saturated heterocycles. The summed E-state index contributed by atoms with van der Waals surface area (Å²) in [7, 11) is 0. The average molecular weight is 258 g/mol. The Morgan fingerprint density at radius 2 is 2.31 bits per heavy atom. The Kier molecular flexibility index (Phi) is 3.93. The zero-order valence-electron chi connectivity index (χ0n) is 8.86. The summed E-state index contributed by atoms with van der Waals surface area (Å²) in [6, 6.07) is 3.51. The van der Waals surface area contributed by atoms with E-state index in [-0.39, 0.29) is 0 Å². The molecular formula is C10H12ClN3OS. The van der Waals surface area contributed by atoms with Crippen molar-refractivity contribution in [2.75, 3.05) is 13.1 Å². The molecular weight excluding hydrogens is 246 g/mol. The number of nitrogens with one attached hydrogen (secondary N) is 1. The molecule has 4 nitrogen and oxygen atoms in total. The highest BCUT2D eigenvalue weighted by atomic mass is 35.5. The second-order valence-electron chi connectivity index (χ2n) is 3.21. The van der Waals surface area contributed by atoms with Crippen molar-refractivity contribution in [3.8, 4) is 10.8 Å². The van der Waals surface area contributed by atoms with E-state index in [2.05, 4.69) is 22.4 Å². The molecule has 0 saturated carbocycles. The number of rotatable bonds is 5. The maximum Gasteiger partial charge on any atom is 0.194 e. The summed E-state index contributed by atoms with van der Waals surface area (Å²) in [6.45, 7) is 3.97. The Bertz CT molecular complexity index is 454. The van der Waals surface area contributed by atoms with E-state index in [1.54, 1.807) is 12.1 Å². The van der Waals surface area contributed by atoms with Crippen molar-refractivity contribution in [1.82, 2.24) is 15.5 Å². The highest BCUT2D eigenvalue weighted by Gasteiger charge is 2.09. The van der Waals surface area contributed by atoms with Crippen molar-refractivity contribution in [3.05, 3.63) is 22.4 Å². The minimum absolute atomic E-state index is 0.374. The average Bonchev–Trinajstić information content (AvgIpc) is 2.87. The van der Waals surface area contributed by atoms with E-state index in [1.165, 1.54) is 11.3 Å². The first-order valence-electron chi connectivity index (χ1n) is 5.08. The van der Waals surface area contributed by atoms with Crippen molar-refractivity contribution in [2.45, 2.75) is 13.3 Å². The fraction of sp³-hybridized carbons (Fsp3) is 0.400. The van der Waals surface area contributed by atoms with E-state index in [0.29, 0.717) is 11.0 Å². The van der Waals surface area contributed by atoms with Crippen LogP contribution in [0.5, 0.6) is 0 Å². The van der Waals surface area contributed by atoms with Gasteiger partial charge in [-0.3, -0.25) is 0 Å². The number of halogens is 1. The molecule has 0 bridgehead atoms. The fourth-order valence-electron chi connectivity index (χ4n) is 1.26. The van der Waals surface area contributed by atoms with Crippen molar-refractivity contribution >= 4 is 22.9 Å². The number of hydrogen-bond donors (Lipinski definition) is 1. The predicted molar refractivity (Wildman–Crippen MR) is 64.9 cm³/mol. The van der Waals surface area contributed by atoms with E-state index < -0.39 is 0 Å². The van der Waals surface area contributed by atoms with Gasteiger partial charge in [-0.2, -0.15) is 0 Å². The number of likely N-dealkylation sites (N-methyl/N-ethyl adjacent to an activating group) is 1. The monoisotopic (exact) mass is 257 g/mol. The van der Waals surface area contributed by atoms with Crippen LogP contribution in [0.15, 0.2) is 16.5 Å². The van der Waals surface area contributed by atoms with Crippen LogP contribution in [-0.2, 0) is 6.42 Å². The molecule has 2 rings (SSSR count). The lowest BCUT2D eigenvalue weighted by molar-refractivity contribution is 0.583. The molecule has 2 aromatic rings. The van der Waals surface area contributed by atoms with Gasteiger partial charge in [0.2, 0.25) is 0 Å². The molecule has 1 N–H and O–H groups in total. The Morgan fingerprint density at radius 1 is 1.44 bits per heavy atom. The molecule has 0 unspecified atom stereocenters. The van der Waals surface area contributed by atoms with E-state index in [1.807, 2.05) is 0 Å². The zero-order valence-corrected chi connectivity index (χ0v) is 10.4. The van der Waals surface area contributed by atoms with Gasteiger partial charge in [0.1, 0.15) is 5.01 Å². The van der Waals surface area contributed by atoms with Crippen LogP contribution in [0.2, 0.25) is 5.22 Å². The van der Waals surface area contributed by atoms with Crippen LogP contribution in [0, 0.1) is 0 Å². The highest BCUT2D eigenvalue weighted by molar-refractivity contribution is 7.14. The van der Waals surface area contributed by atoms with Crippen LogP contribution in [-0.4, -0.2) is 23.3 Å². The third kappa shape index (κ3) is 2.81. The maximum absolute atomic E-state index is 5.70. The number of nitrogens with zero attached hydrogens (tertiary/aromatic N) is 2. The van der Waals surface area contributed by atoms with Gasteiger partial charge >= 0.3 is 0 Å². The third-order valence-corrected chi connectivity index (χ3v) is 3.22. The minimum Gasteiger partial charge on any atom is -0.442 e. The van der Waals surface area contributed by atoms with Gasteiger partial charge in [0.15, 0.2) is 16.0 Å². The molecule has 0 aliphatic rings. The summed E-state index contributed by atoms with van der Waals surface area (Å²) in [5, 5.41) is 13.6. The minimum atomic E-state index is 0.374. The van der Waals surface area contributed by atoms with E-state index in [0.717, 1.165) is 29.5 Å². The van der Waals surface area contributed by atoms with Gasteiger partial charge < -0.3 is 9.73 Å². The Hall–Kier alpha value is -0.910. The van der Waals surface area contributed by atoms with Gasteiger partial charge in [-0.1, -0.05) is 18.3 Å². The van der Waals surface area contributed by atoms with Crippen LogP contribution < -0.4 is 5.32 Å². The second kappa shape index (κ2) is 5.43. The summed E-state index contributed by atoms with van der Waals surface area (Å²) in [5.41, 5.74) is 0. The maximum atomic E-state index is 5.70. The van der Waals surface area contributed by atoms with Gasteiger partial charge in [0.25, 0.3) is 0 Å². The molecule has 0 atom stereocenters. The van der Waals surface area contributed by atoms with Crippen molar-refractivity contribution in [3.63, 3.8) is 0 Å². The number of furan rings is 1. The lowest BCUT2D eigenvalue weighted by atomic mass is 10.4. The zero-order chi connectivity index (χ0) is 11.4. The molecule has 2 heterocycles. The van der Waals surface area contributed by atoms with Crippen LogP contribution >= 0.6 is 22.9 Å². The third-order valence-electron chi connectivity index (χ3n) is 2.02. The molecule has 2 aromatic heterocycles. The molecule has 6 heteroatoms. The van der Waals surface area contributed by atoms with E-state index >= 15 is 0 Å². The molecule has 0 radical (unpaired) electrons. The SMILES string of the molecule is CCNCCc1nnc(-c2ccc(Cl)o2)s1. The lowest BCUT2D eigenvalue weighted by Gasteiger charge is -1.95. The Morgan fingerprint density at radius 3 is 3.00 bits per heavy atom. The first kappa shape index (κ1) is 11.6. The normalized spacial score (nSPS) is 10.9. The summed E-state index contributed by atoms with van der Waals surface area (Å²) in [4.78, 5) is 0. The van der Waals surface area contributed by atoms with Crippen molar-refractivity contribution < 1.29 is 4.42 Å².